The molecular weight excluding hydrogens is 226 g/mol. The fourth-order valence-corrected chi connectivity index (χ4v) is 0. The summed E-state index contributed by atoms with van der Waals surface area (Å²) in [4.78, 5) is 0. The van der Waals surface area contributed by atoms with Gasteiger partial charge in [0.1, 0.15) is 0 Å². The molecule has 0 aromatic heterocycles. The van der Waals surface area contributed by atoms with Crippen LogP contribution in [-0.4, -0.2) is 0 Å². The van der Waals surface area contributed by atoms with E-state index in [4.69, 9.17) is 31.6 Å². The zero-order valence-electron chi connectivity index (χ0n) is 7.08. The van der Waals surface area contributed by atoms with Gasteiger partial charge in [0.2, 0.25) is 0 Å². The minimum Gasteiger partial charge on any atom is -0.693 e. The van der Waals surface area contributed by atoms with Gasteiger partial charge in [0.05, 0.1) is 0 Å². The molecule has 0 spiro atoms. The van der Waals surface area contributed by atoms with Crippen LogP contribution in [-0.2, 0) is 17.1 Å². The van der Waals surface area contributed by atoms with Crippen LogP contribution in [0.15, 0.2) is 0 Å². The van der Waals surface area contributed by atoms with Crippen molar-refractivity contribution in [1.29, 1.82) is 31.6 Å². The zero-order valence-corrected chi connectivity index (χ0v) is 8.18. The van der Waals surface area contributed by atoms with Crippen LogP contribution in [0.3, 0.4) is 0 Å². The van der Waals surface area contributed by atoms with E-state index >= 15 is 0 Å². The Balaban J connectivity index is -0.00000000500. The van der Waals surface area contributed by atoms with E-state index in [0.717, 1.165) is 0 Å². The molecule has 0 aliphatic heterocycles. The van der Waals surface area contributed by atoms with Crippen molar-refractivity contribution in [3.8, 4) is 39.4 Å². The minimum absolute atomic E-state index is 0. The van der Waals surface area contributed by atoms with Crippen molar-refractivity contribution in [1.82, 2.24) is 0 Å². The molecule has 8 heteroatoms. The fourth-order valence-electron chi connectivity index (χ4n) is 0. The van der Waals surface area contributed by atoms with E-state index in [1.165, 1.54) is 0 Å². The molecule has 0 aliphatic carbocycles. The smallest absolute Gasteiger partial charge is 0.0462 e. The minimum atomic E-state index is 0. The molecule has 0 aromatic rings. The van der Waals surface area contributed by atoms with E-state index < -0.39 is 0 Å². The largest absolute Gasteiger partial charge is 0.693 e. The molecule has 0 aromatic carbocycles. The van der Waals surface area contributed by atoms with Gasteiger partial charge >= 0.3 is 0 Å². The van der Waals surface area contributed by atoms with Gasteiger partial charge in [0, 0.05) is 56.5 Å². The number of rotatable bonds is 0. The second-order valence-corrected chi connectivity index (χ2v) is 0. The Morgan fingerprint density at radius 3 is 0.357 bits per heavy atom. The van der Waals surface area contributed by atoms with Crippen molar-refractivity contribution < 1.29 is 17.1 Å². The molecule has 0 bridgehead atoms. The van der Waals surface area contributed by atoms with Crippen LogP contribution in [0.2, 0.25) is 0 Å². The molecular formula is C6H8FeN7-. The standard InChI is InChI=1S/6CHN.Fe.H2N/c6*1-2;;/h6*1H;;1H2/q;;;;;;;-1. The summed E-state index contributed by atoms with van der Waals surface area (Å²) in [6, 6.07) is 0. The summed E-state index contributed by atoms with van der Waals surface area (Å²) in [6.07, 6.45) is 0. The normalized spacial score (nSPS) is 0.857. The average molecular weight is 234 g/mol. The van der Waals surface area contributed by atoms with Crippen LogP contribution in [0.25, 0.3) is 6.15 Å². The van der Waals surface area contributed by atoms with E-state index in [1.54, 1.807) is 0 Å². The van der Waals surface area contributed by atoms with Crippen LogP contribution in [0.4, 0.5) is 0 Å². The molecule has 2 N–H and O–H groups in total. The molecule has 7 nitrogen and oxygen atoms in total. The Morgan fingerprint density at radius 2 is 0.357 bits per heavy atom. The molecule has 0 rings (SSSR count). The third-order valence-electron chi connectivity index (χ3n) is 0. The summed E-state index contributed by atoms with van der Waals surface area (Å²) in [7, 11) is 0. The van der Waals surface area contributed by atoms with Gasteiger partial charge in [-0.3, -0.25) is 0 Å². The summed E-state index contributed by atoms with van der Waals surface area (Å²) in [5.41, 5.74) is 0. The maximum Gasteiger partial charge on any atom is 0.0462 e. The Labute approximate surface area is 94.7 Å². The van der Waals surface area contributed by atoms with Gasteiger partial charge in [-0.2, -0.15) is 0 Å². The average Bonchev–Trinajstić information content (AvgIpc) is 2.33. The summed E-state index contributed by atoms with van der Waals surface area (Å²) in [5.74, 6) is 0. The number of hydrogen-bond acceptors (Lipinski definition) is 6. The predicted molar refractivity (Wildman–Crippen MR) is 45.3 cm³/mol. The maximum atomic E-state index is 6.50. The molecule has 0 heterocycles. The first-order valence-corrected chi connectivity index (χ1v) is 1.55. The SMILES string of the molecule is C#N.C#N.C#N.C#N.C#N.C#N.[Fe].[NH2-]. The van der Waals surface area contributed by atoms with Crippen molar-refractivity contribution in [2.24, 2.45) is 0 Å². The third-order valence-corrected chi connectivity index (χ3v) is 0. The first-order chi connectivity index (χ1) is 6.00. The first-order valence-electron chi connectivity index (χ1n) is 1.55. The van der Waals surface area contributed by atoms with Gasteiger partial charge in [-0.15, -0.1) is 0 Å². The quantitative estimate of drug-likeness (QED) is 0.573. The van der Waals surface area contributed by atoms with Gasteiger partial charge in [-0.1, -0.05) is 0 Å². The summed E-state index contributed by atoms with van der Waals surface area (Å²) >= 11 is 0. The molecule has 0 saturated heterocycles. The summed E-state index contributed by atoms with van der Waals surface area (Å²) in [6.45, 7) is 21.0. The van der Waals surface area contributed by atoms with E-state index in [0.29, 0.717) is 0 Å². The Kier molecular flexibility index (Phi) is 1050. The van der Waals surface area contributed by atoms with Gasteiger partial charge < -0.3 is 6.15 Å². The third kappa shape index (κ3) is 100. The van der Waals surface area contributed by atoms with E-state index in [2.05, 4.69) is 39.4 Å². The van der Waals surface area contributed by atoms with Crippen molar-refractivity contribution in [3.63, 3.8) is 0 Å². The molecule has 76 valence electrons. The van der Waals surface area contributed by atoms with E-state index in [-0.39, 0.29) is 23.2 Å². The van der Waals surface area contributed by atoms with Gasteiger partial charge in [0.25, 0.3) is 0 Å². The predicted octanol–water partition coefficient (Wildman–Crippen LogP) is 1.55. The molecule has 0 amide bonds. The molecule has 0 atom stereocenters. The molecule has 0 unspecified atom stereocenters. The summed E-state index contributed by atoms with van der Waals surface area (Å²) < 4.78 is 0. The topological polar surface area (TPSA) is 176 Å². The van der Waals surface area contributed by atoms with Gasteiger partial charge in [0.15, 0.2) is 0 Å². The molecule has 14 heavy (non-hydrogen) atoms. The second-order valence-electron chi connectivity index (χ2n) is 0. The van der Waals surface area contributed by atoms with Crippen molar-refractivity contribution in [3.05, 3.63) is 6.15 Å². The van der Waals surface area contributed by atoms with Crippen molar-refractivity contribution in [2.75, 3.05) is 0 Å². The van der Waals surface area contributed by atoms with Crippen LogP contribution >= 0.6 is 0 Å². The first kappa shape index (κ1) is 106. The van der Waals surface area contributed by atoms with Crippen LogP contribution in [0.1, 0.15) is 0 Å². The molecule has 0 radical (unpaired) electrons. The zero-order chi connectivity index (χ0) is 12.0. The van der Waals surface area contributed by atoms with Crippen molar-refractivity contribution >= 4 is 0 Å². The molecule has 0 saturated carbocycles. The van der Waals surface area contributed by atoms with Crippen LogP contribution in [0.5, 0.6) is 0 Å². The van der Waals surface area contributed by atoms with E-state index in [9.17, 15) is 0 Å². The number of nitrogens with zero attached hydrogens (tertiary/aromatic N) is 6. The number of hydrogen-bond donors (Lipinski definition) is 0. The van der Waals surface area contributed by atoms with E-state index in [1.807, 2.05) is 0 Å². The Bertz CT molecular complexity index is 93.2. The summed E-state index contributed by atoms with van der Waals surface area (Å²) in [5, 5.41) is 39.0. The van der Waals surface area contributed by atoms with Crippen LogP contribution < -0.4 is 0 Å². The molecule has 0 fully saturated rings. The number of nitriles is 6. The fraction of sp³-hybridized carbons (Fsp3) is 0. The monoisotopic (exact) mass is 234 g/mol. The second kappa shape index (κ2) is 139. The number of nitrogens with two attached hydrogens (primary N) is 1. The van der Waals surface area contributed by atoms with Crippen LogP contribution in [0, 0.1) is 71.0 Å². The molecule has 0 aliphatic rings. The van der Waals surface area contributed by atoms with Gasteiger partial charge in [-0.05, 0) is 0 Å². The Morgan fingerprint density at radius 1 is 0.357 bits per heavy atom. The maximum absolute atomic E-state index is 6.50. The van der Waals surface area contributed by atoms with Gasteiger partial charge in [-0.25, -0.2) is 31.6 Å². The van der Waals surface area contributed by atoms with Crippen molar-refractivity contribution in [2.45, 2.75) is 0 Å². The Hall–Kier alpha value is -2.58.